The lowest BCUT2D eigenvalue weighted by atomic mass is 9.77. The second-order valence-corrected chi connectivity index (χ2v) is 9.94. The highest BCUT2D eigenvalue weighted by Crippen LogP contribution is 2.39. The van der Waals surface area contributed by atoms with Crippen molar-refractivity contribution in [2.45, 2.75) is 62.9 Å². The van der Waals surface area contributed by atoms with Crippen LogP contribution in [0.15, 0.2) is 48.5 Å². The van der Waals surface area contributed by atoms with Gasteiger partial charge in [0, 0.05) is 30.7 Å². The van der Waals surface area contributed by atoms with Crippen LogP contribution in [0.1, 0.15) is 59.2 Å². The molecule has 0 radical (unpaired) electrons. The van der Waals surface area contributed by atoms with Crippen molar-refractivity contribution in [2.75, 3.05) is 19.6 Å². The Morgan fingerprint density at radius 2 is 1.78 bits per heavy atom. The number of likely N-dealkylation sites (tertiary alicyclic amines) is 1. The SMILES string of the molecule is Cc1ccc(C2(O)CCC(N3CC[C@@H](NC(=O)CNC(=O)c4cccc(C(F)(F)F)c4)C3)CC2)cc1. The predicted octanol–water partition coefficient (Wildman–Crippen LogP) is 3.76. The second kappa shape index (κ2) is 10.6. The van der Waals surface area contributed by atoms with E-state index < -0.39 is 23.2 Å². The van der Waals surface area contributed by atoms with Crippen molar-refractivity contribution >= 4 is 11.8 Å². The van der Waals surface area contributed by atoms with E-state index in [-0.39, 0.29) is 24.1 Å². The smallest absolute Gasteiger partial charge is 0.385 e. The van der Waals surface area contributed by atoms with Crippen molar-refractivity contribution < 1.29 is 27.9 Å². The lowest BCUT2D eigenvalue weighted by molar-refractivity contribution is -0.137. The third-order valence-electron chi connectivity index (χ3n) is 7.33. The van der Waals surface area contributed by atoms with Crippen LogP contribution >= 0.6 is 0 Å². The minimum atomic E-state index is -4.54. The van der Waals surface area contributed by atoms with Crippen LogP contribution in [0.25, 0.3) is 0 Å². The first kappa shape index (κ1) is 26.2. The summed E-state index contributed by atoms with van der Waals surface area (Å²) in [6.45, 7) is 3.26. The zero-order valence-electron chi connectivity index (χ0n) is 20.3. The first-order chi connectivity index (χ1) is 17.0. The summed E-state index contributed by atoms with van der Waals surface area (Å²) in [4.78, 5) is 26.9. The number of carbonyl (C=O) groups is 2. The molecule has 2 aromatic carbocycles. The van der Waals surface area contributed by atoms with Gasteiger partial charge < -0.3 is 15.7 Å². The van der Waals surface area contributed by atoms with Gasteiger partial charge in [0.05, 0.1) is 17.7 Å². The Labute approximate surface area is 208 Å². The molecular formula is C27H32F3N3O3. The number of nitrogens with one attached hydrogen (secondary N) is 2. The molecular weight excluding hydrogens is 471 g/mol. The fourth-order valence-electron chi connectivity index (χ4n) is 5.21. The van der Waals surface area contributed by atoms with Crippen LogP contribution in [0.2, 0.25) is 0 Å². The normalized spacial score (nSPS) is 24.9. The van der Waals surface area contributed by atoms with E-state index in [9.17, 15) is 27.9 Å². The van der Waals surface area contributed by atoms with Gasteiger partial charge in [-0.25, -0.2) is 0 Å². The summed E-state index contributed by atoms with van der Waals surface area (Å²) < 4.78 is 38.6. The molecule has 1 heterocycles. The van der Waals surface area contributed by atoms with Crippen molar-refractivity contribution in [3.05, 3.63) is 70.8 Å². The van der Waals surface area contributed by atoms with Gasteiger partial charge in [-0.05, 0) is 62.8 Å². The summed E-state index contributed by atoms with van der Waals surface area (Å²) in [5.74, 6) is -1.10. The number of alkyl halides is 3. The van der Waals surface area contributed by atoms with E-state index >= 15 is 0 Å². The topological polar surface area (TPSA) is 81.7 Å². The molecule has 1 aliphatic heterocycles. The number of carbonyl (C=O) groups excluding carboxylic acids is 2. The van der Waals surface area contributed by atoms with Gasteiger partial charge >= 0.3 is 6.18 Å². The fraction of sp³-hybridized carbons (Fsp3) is 0.481. The number of aliphatic hydroxyl groups is 1. The molecule has 4 rings (SSSR count). The van der Waals surface area contributed by atoms with Crippen molar-refractivity contribution in [3.8, 4) is 0 Å². The number of aryl methyl sites for hydroxylation is 1. The Kier molecular flexibility index (Phi) is 7.70. The molecule has 2 aliphatic rings. The Morgan fingerprint density at radius 3 is 2.44 bits per heavy atom. The van der Waals surface area contributed by atoms with E-state index in [4.69, 9.17) is 0 Å². The van der Waals surface area contributed by atoms with E-state index in [1.165, 1.54) is 6.07 Å². The quantitative estimate of drug-likeness (QED) is 0.561. The maximum atomic E-state index is 12.9. The van der Waals surface area contributed by atoms with Gasteiger partial charge in [0.15, 0.2) is 0 Å². The molecule has 0 unspecified atom stereocenters. The average molecular weight is 504 g/mol. The number of nitrogens with zero attached hydrogens (tertiary/aromatic N) is 1. The third-order valence-corrected chi connectivity index (χ3v) is 7.33. The summed E-state index contributed by atoms with van der Waals surface area (Å²) in [7, 11) is 0. The molecule has 2 amide bonds. The van der Waals surface area contributed by atoms with Gasteiger partial charge in [0.2, 0.25) is 5.91 Å². The van der Waals surface area contributed by atoms with Crippen molar-refractivity contribution in [1.82, 2.24) is 15.5 Å². The van der Waals surface area contributed by atoms with E-state index in [0.29, 0.717) is 25.4 Å². The van der Waals surface area contributed by atoms with Crippen LogP contribution in [0.5, 0.6) is 0 Å². The minimum Gasteiger partial charge on any atom is -0.385 e. The van der Waals surface area contributed by atoms with Crippen molar-refractivity contribution in [1.29, 1.82) is 0 Å². The van der Waals surface area contributed by atoms with E-state index in [1.807, 2.05) is 31.2 Å². The summed E-state index contributed by atoms with van der Waals surface area (Å²) in [6, 6.07) is 12.4. The van der Waals surface area contributed by atoms with Gasteiger partial charge in [-0.15, -0.1) is 0 Å². The lowest BCUT2D eigenvalue weighted by Crippen LogP contribution is -2.45. The molecule has 2 aromatic rings. The highest BCUT2D eigenvalue weighted by atomic mass is 19.4. The molecule has 1 saturated carbocycles. The first-order valence-corrected chi connectivity index (χ1v) is 12.3. The summed E-state index contributed by atoms with van der Waals surface area (Å²) in [5, 5.41) is 16.4. The molecule has 0 aromatic heterocycles. The Morgan fingerprint density at radius 1 is 1.08 bits per heavy atom. The highest BCUT2D eigenvalue weighted by molar-refractivity contribution is 5.96. The van der Waals surface area contributed by atoms with E-state index in [2.05, 4.69) is 15.5 Å². The fourth-order valence-corrected chi connectivity index (χ4v) is 5.21. The van der Waals surface area contributed by atoms with Gasteiger partial charge in [-0.3, -0.25) is 14.5 Å². The number of halogens is 3. The van der Waals surface area contributed by atoms with E-state index in [0.717, 1.165) is 55.1 Å². The Balaban J connectivity index is 1.21. The molecule has 36 heavy (non-hydrogen) atoms. The zero-order chi connectivity index (χ0) is 25.9. The van der Waals surface area contributed by atoms with Crippen LogP contribution in [0.4, 0.5) is 13.2 Å². The maximum Gasteiger partial charge on any atom is 0.416 e. The van der Waals surface area contributed by atoms with Crippen molar-refractivity contribution in [2.24, 2.45) is 0 Å². The molecule has 1 aliphatic carbocycles. The zero-order valence-corrected chi connectivity index (χ0v) is 20.3. The molecule has 6 nitrogen and oxygen atoms in total. The van der Waals surface area contributed by atoms with Crippen LogP contribution in [0, 0.1) is 6.92 Å². The highest BCUT2D eigenvalue weighted by Gasteiger charge is 2.38. The third kappa shape index (κ3) is 6.25. The molecule has 194 valence electrons. The first-order valence-electron chi connectivity index (χ1n) is 12.3. The van der Waals surface area contributed by atoms with E-state index in [1.54, 1.807) is 0 Å². The second-order valence-electron chi connectivity index (χ2n) is 9.94. The standard InChI is InChI=1S/C27H32F3N3O3/c1-18-5-7-20(8-6-18)26(36)12-9-23(10-13-26)33-14-11-22(17-33)32-24(34)16-31-25(35)19-3-2-4-21(15-19)27(28,29)30/h2-8,15,22-23,36H,9-14,16-17H2,1H3,(H,31,35)(H,32,34)/t22-,23?,26?/m1/s1. The largest absolute Gasteiger partial charge is 0.416 e. The average Bonchev–Trinajstić information content (AvgIpc) is 3.31. The van der Waals surface area contributed by atoms with Gasteiger partial charge in [0.1, 0.15) is 0 Å². The molecule has 1 atom stereocenters. The van der Waals surface area contributed by atoms with Gasteiger partial charge in [0.25, 0.3) is 5.91 Å². The number of hydrogen-bond acceptors (Lipinski definition) is 4. The lowest BCUT2D eigenvalue weighted by Gasteiger charge is -2.40. The predicted molar refractivity (Wildman–Crippen MR) is 129 cm³/mol. The monoisotopic (exact) mass is 503 g/mol. The number of hydrogen-bond donors (Lipinski definition) is 3. The maximum absolute atomic E-state index is 12.9. The van der Waals surface area contributed by atoms with Gasteiger partial charge in [-0.1, -0.05) is 35.9 Å². The Hall–Kier alpha value is -2.91. The van der Waals surface area contributed by atoms with Gasteiger partial charge in [-0.2, -0.15) is 13.2 Å². The summed E-state index contributed by atoms with van der Waals surface area (Å²) >= 11 is 0. The van der Waals surface area contributed by atoms with Crippen LogP contribution in [-0.2, 0) is 16.6 Å². The minimum absolute atomic E-state index is 0.0548. The Bertz CT molecular complexity index is 1080. The number of benzene rings is 2. The molecule has 2 fully saturated rings. The number of rotatable bonds is 6. The molecule has 9 heteroatoms. The summed E-state index contributed by atoms with van der Waals surface area (Å²) in [6.07, 6.45) is -0.631. The molecule has 0 spiro atoms. The van der Waals surface area contributed by atoms with Crippen LogP contribution in [-0.4, -0.2) is 53.5 Å². The van der Waals surface area contributed by atoms with Crippen LogP contribution < -0.4 is 10.6 Å². The summed E-state index contributed by atoms with van der Waals surface area (Å²) in [5.41, 5.74) is 0.273. The molecule has 0 bridgehead atoms. The van der Waals surface area contributed by atoms with Crippen LogP contribution in [0.3, 0.4) is 0 Å². The van der Waals surface area contributed by atoms with Crippen molar-refractivity contribution in [3.63, 3.8) is 0 Å². The molecule has 3 N–H and O–H groups in total. The number of amides is 2. The molecule has 1 saturated heterocycles.